The van der Waals surface area contributed by atoms with Crippen molar-refractivity contribution in [3.8, 4) is 11.1 Å². The topological polar surface area (TPSA) is 91.8 Å². The molecular formula is C25H26FN7. The van der Waals surface area contributed by atoms with Crippen LogP contribution in [0, 0.1) is 12.7 Å². The Morgan fingerprint density at radius 2 is 2.06 bits per heavy atom. The number of benzene rings is 1. The number of guanidine groups is 1. The number of hydrogen-bond acceptors (Lipinski definition) is 6. The molecular weight excluding hydrogens is 417 g/mol. The van der Waals surface area contributed by atoms with Gasteiger partial charge in [0.1, 0.15) is 11.7 Å². The molecule has 2 aromatic heterocycles. The van der Waals surface area contributed by atoms with Crippen LogP contribution in [0.2, 0.25) is 0 Å². The van der Waals surface area contributed by atoms with Crippen LogP contribution in [-0.2, 0) is 0 Å². The lowest BCUT2D eigenvalue weighted by atomic mass is 9.99. The van der Waals surface area contributed by atoms with Crippen molar-refractivity contribution < 1.29 is 4.39 Å². The number of amidine groups is 1. The van der Waals surface area contributed by atoms with E-state index in [9.17, 15) is 4.39 Å². The maximum Gasteiger partial charge on any atom is 0.198 e. The molecule has 1 fully saturated rings. The molecule has 7 nitrogen and oxygen atoms in total. The molecule has 8 heteroatoms. The smallest absolute Gasteiger partial charge is 0.198 e. The standard InChI is InChI=1S/C25H26FN7/c1-15-4-6-28-13-20(15)19-8-16-10-23(29-12-17(16)9-21(19)26)32-22(27)11-18-5-7-33-24(31-18)30-14-25(33,2)3/h4,6,8-13H,5,7,14H2,1-3H3,(H,30,31)(H2,27,29,32)/b18-11-. The molecule has 0 radical (unpaired) electrons. The van der Waals surface area contributed by atoms with Crippen LogP contribution in [0.5, 0.6) is 0 Å². The number of halogens is 1. The van der Waals surface area contributed by atoms with Crippen LogP contribution < -0.4 is 11.1 Å². The maximum atomic E-state index is 14.8. The van der Waals surface area contributed by atoms with Gasteiger partial charge in [0, 0.05) is 53.8 Å². The van der Waals surface area contributed by atoms with E-state index in [-0.39, 0.29) is 11.4 Å². The minimum absolute atomic E-state index is 0.0369. The van der Waals surface area contributed by atoms with Gasteiger partial charge in [0.25, 0.3) is 0 Å². The summed E-state index contributed by atoms with van der Waals surface area (Å²) >= 11 is 0. The SMILES string of the molecule is Cc1ccncc1-c1cc2cc(N=C(N)/C=C3/CCN4C(=NCC4(C)C)N3)ncc2cc1F. The lowest BCUT2D eigenvalue weighted by Gasteiger charge is -2.37. The van der Waals surface area contributed by atoms with Gasteiger partial charge in [-0.15, -0.1) is 0 Å². The Morgan fingerprint density at radius 1 is 1.21 bits per heavy atom. The van der Waals surface area contributed by atoms with Crippen molar-refractivity contribution in [2.24, 2.45) is 15.7 Å². The molecule has 2 aliphatic heterocycles. The molecule has 2 aliphatic rings. The fourth-order valence-electron chi connectivity index (χ4n) is 4.30. The summed E-state index contributed by atoms with van der Waals surface area (Å²) in [7, 11) is 0. The van der Waals surface area contributed by atoms with E-state index in [0.717, 1.165) is 47.7 Å². The molecule has 0 atom stereocenters. The zero-order valence-electron chi connectivity index (χ0n) is 18.9. The van der Waals surface area contributed by atoms with E-state index >= 15 is 0 Å². The minimum atomic E-state index is -0.309. The summed E-state index contributed by atoms with van der Waals surface area (Å²) in [5.41, 5.74) is 9.44. The fourth-order valence-corrected chi connectivity index (χ4v) is 4.30. The molecule has 0 saturated carbocycles. The fraction of sp³-hybridized carbons (Fsp3) is 0.280. The number of nitrogens with zero attached hydrogens (tertiary/aromatic N) is 5. The van der Waals surface area contributed by atoms with Crippen molar-refractivity contribution in [2.45, 2.75) is 32.7 Å². The third-order valence-electron chi connectivity index (χ3n) is 6.17. The highest BCUT2D eigenvalue weighted by molar-refractivity contribution is 5.96. The summed E-state index contributed by atoms with van der Waals surface area (Å²) in [5, 5.41) is 4.89. The van der Waals surface area contributed by atoms with Gasteiger partial charge < -0.3 is 16.0 Å². The quantitative estimate of drug-likeness (QED) is 0.471. The van der Waals surface area contributed by atoms with Crippen LogP contribution in [0.15, 0.2) is 64.6 Å². The number of aliphatic imine (C=N–C) groups is 2. The van der Waals surface area contributed by atoms with Gasteiger partial charge in [-0.3, -0.25) is 9.98 Å². The number of nitrogens with two attached hydrogens (primary N) is 1. The zero-order valence-corrected chi connectivity index (χ0v) is 18.9. The van der Waals surface area contributed by atoms with Crippen LogP contribution in [0.4, 0.5) is 10.2 Å². The highest BCUT2D eigenvalue weighted by atomic mass is 19.1. The second kappa shape index (κ2) is 7.95. The highest BCUT2D eigenvalue weighted by Gasteiger charge is 2.36. The minimum Gasteiger partial charge on any atom is -0.384 e. The van der Waals surface area contributed by atoms with Gasteiger partial charge in [0.2, 0.25) is 0 Å². The number of pyridine rings is 2. The monoisotopic (exact) mass is 443 g/mol. The molecule has 1 saturated heterocycles. The second-order valence-electron chi connectivity index (χ2n) is 9.10. The van der Waals surface area contributed by atoms with Gasteiger partial charge >= 0.3 is 0 Å². The highest BCUT2D eigenvalue weighted by Crippen LogP contribution is 2.30. The van der Waals surface area contributed by atoms with Crippen LogP contribution in [0.25, 0.3) is 21.9 Å². The lowest BCUT2D eigenvalue weighted by Crippen LogP contribution is -2.52. The molecule has 33 heavy (non-hydrogen) atoms. The van der Waals surface area contributed by atoms with E-state index in [4.69, 9.17) is 5.73 Å². The van der Waals surface area contributed by atoms with E-state index in [0.29, 0.717) is 22.6 Å². The molecule has 0 bridgehead atoms. The van der Waals surface area contributed by atoms with Gasteiger partial charge in [0.05, 0.1) is 12.1 Å². The Morgan fingerprint density at radius 3 is 2.88 bits per heavy atom. The Balaban J connectivity index is 1.42. The molecule has 0 spiro atoms. The molecule has 3 aromatic rings. The van der Waals surface area contributed by atoms with E-state index in [1.807, 2.05) is 25.1 Å². The number of hydrogen-bond donors (Lipinski definition) is 2. The van der Waals surface area contributed by atoms with Crippen molar-refractivity contribution >= 4 is 28.4 Å². The summed E-state index contributed by atoms with van der Waals surface area (Å²) < 4.78 is 14.8. The molecule has 3 N–H and O–H groups in total. The summed E-state index contributed by atoms with van der Waals surface area (Å²) in [5.74, 6) is 1.39. The van der Waals surface area contributed by atoms with Crippen molar-refractivity contribution in [1.29, 1.82) is 0 Å². The number of nitrogens with one attached hydrogen (secondary N) is 1. The number of aromatic nitrogens is 2. The number of fused-ring (bicyclic) bond motifs is 2. The van der Waals surface area contributed by atoms with E-state index < -0.39 is 0 Å². The van der Waals surface area contributed by atoms with Crippen LogP contribution in [-0.4, -0.2) is 45.3 Å². The van der Waals surface area contributed by atoms with Crippen molar-refractivity contribution in [3.05, 3.63) is 66.0 Å². The van der Waals surface area contributed by atoms with E-state index in [1.54, 1.807) is 24.7 Å². The van der Waals surface area contributed by atoms with Crippen LogP contribution >= 0.6 is 0 Å². The lowest BCUT2D eigenvalue weighted by molar-refractivity contribution is 0.235. The first kappa shape index (κ1) is 21.1. The van der Waals surface area contributed by atoms with Gasteiger partial charge in [0.15, 0.2) is 11.8 Å². The molecule has 0 amide bonds. The normalized spacial score (nSPS) is 18.9. The Bertz CT molecular complexity index is 1340. The summed E-state index contributed by atoms with van der Waals surface area (Å²) in [6.07, 6.45) is 7.65. The van der Waals surface area contributed by atoms with Crippen LogP contribution in [0.1, 0.15) is 25.8 Å². The zero-order chi connectivity index (χ0) is 23.2. The predicted molar refractivity (Wildman–Crippen MR) is 130 cm³/mol. The molecule has 4 heterocycles. The Hall–Kier alpha value is -3.81. The molecule has 168 valence electrons. The average Bonchev–Trinajstić information content (AvgIpc) is 3.08. The summed E-state index contributed by atoms with van der Waals surface area (Å²) in [6.45, 7) is 7.97. The van der Waals surface area contributed by atoms with Crippen molar-refractivity contribution in [1.82, 2.24) is 20.2 Å². The third kappa shape index (κ3) is 4.04. The van der Waals surface area contributed by atoms with Crippen LogP contribution in [0.3, 0.4) is 0 Å². The molecule has 0 unspecified atom stereocenters. The molecule has 0 aliphatic carbocycles. The Labute approximate surface area is 192 Å². The van der Waals surface area contributed by atoms with E-state index in [2.05, 4.69) is 44.0 Å². The van der Waals surface area contributed by atoms with Gasteiger partial charge in [-0.25, -0.2) is 14.4 Å². The first-order chi connectivity index (χ1) is 15.8. The first-order valence-corrected chi connectivity index (χ1v) is 10.9. The maximum absolute atomic E-state index is 14.8. The molecule has 1 aromatic carbocycles. The largest absolute Gasteiger partial charge is 0.384 e. The summed E-state index contributed by atoms with van der Waals surface area (Å²) in [6, 6.07) is 6.98. The second-order valence-corrected chi connectivity index (χ2v) is 9.10. The van der Waals surface area contributed by atoms with Gasteiger partial charge in [-0.05, 0) is 62.1 Å². The van der Waals surface area contributed by atoms with Gasteiger partial charge in [-0.2, -0.15) is 0 Å². The number of aryl methyl sites for hydroxylation is 1. The van der Waals surface area contributed by atoms with Gasteiger partial charge in [-0.1, -0.05) is 0 Å². The Kier molecular flexibility index (Phi) is 5.08. The van der Waals surface area contributed by atoms with Crippen molar-refractivity contribution in [2.75, 3.05) is 13.1 Å². The predicted octanol–water partition coefficient (Wildman–Crippen LogP) is 4.06. The summed E-state index contributed by atoms with van der Waals surface area (Å²) in [4.78, 5) is 19.8. The number of rotatable bonds is 3. The van der Waals surface area contributed by atoms with Crippen molar-refractivity contribution in [3.63, 3.8) is 0 Å². The first-order valence-electron chi connectivity index (χ1n) is 10.9. The van der Waals surface area contributed by atoms with E-state index in [1.165, 1.54) is 6.07 Å². The molecule has 5 rings (SSSR count). The average molecular weight is 444 g/mol. The third-order valence-corrected chi connectivity index (χ3v) is 6.17.